The Labute approximate surface area is 140 Å². The first kappa shape index (κ1) is 15.5. The van der Waals surface area contributed by atoms with Gasteiger partial charge in [0.15, 0.2) is 0 Å². The number of carbonyl (C=O) groups is 1. The molecule has 0 aromatic heterocycles. The fourth-order valence-electron chi connectivity index (χ4n) is 3.78. The molecular weight excluding hydrogens is 329 g/mol. The second kappa shape index (κ2) is 5.64. The molecule has 2 atom stereocenters. The number of rotatable bonds is 3. The zero-order chi connectivity index (χ0) is 15.1. The summed E-state index contributed by atoms with van der Waals surface area (Å²) in [6.45, 7) is 0.546. The molecule has 2 unspecified atom stereocenters. The Morgan fingerprint density at radius 2 is 1.90 bits per heavy atom. The van der Waals surface area contributed by atoms with E-state index < -0.39 is 9.75 Å². The van der Waals surface area contributed by atoms with Gasteiger partial charge in [0.1, 0.15) is 0 Å². The van der Waals surface area contributed by atoms with Crippen molar-refractivity contribution in [2.45, 2.75) is 42.6 Å². The second-order valence-corrected chi connectivity index (χ2v) is 7.64. The maximum absolute atomic E-state index is 12.8. The Hall–Kier alpha value is -0.440. The van der Waals surface area contributed by atoms with Crippen LogP contribution in [-0.2, 0) is 11.3 Å². The van der Waals surface area contributed by atoms with Gasteiger partial charge in [0.25, 0.3) is 5.91 Å². The molecule has 2 fully saturated rings. The van der Waals surface area contributed by atoms with Crippen LogP contribution in [0.5, 0.6) is 0 Å². The quantitative estimate of drug-likeness (QED) is 0.744. The molecule has 21 heavy (non-hydrogen) atoms. The average Bonchev–Trinajstić information content (AvgIpc) is 2.68. The summed E-state index contributed by atoms with van der Waals surface area (Å²) in [6, 6.07) is 9.97. The van der Waals surface area contributed by atoms with Crippen molar-refractivity contribution in [1.82, 2.24) is 4.90 Å². The summed E-state index contributed by atoms with van der Waals surface area (Å²) in [5.74, 6) is 0.129. The first-order chi connectivity index (χ1) is 10.0. The highest BCUT2D eigenvalue weighted by Crippen LogP contribution is 2.59. The van der Waals surface area contributed by atoms with Crippen LogP contribution in [0.25, 0.3) is 0 Å². The summed E-state index contributed by atoms with van der Waals surface area (Å²) < 4.78 is -1.41. The highest BCUT2D eigenvalue weighted by atomic mass is 35.5. The fraction of sp³-hybridized carbons (Fsp3) is 0.562. The van der Waals surface area contributed by atoms with Gasteiger partial charge in [0, 0.05) is 23.9 Å². The Kier molecular flexibility index (Phi) is 4.15. The topological polar surface area (TPSA) is 20.3 Å². The predicted molar refractivity (Wildman–Crippen MR) is 86.8 cm³/mol. The van der Waals surface area contributed by atoms with Crippen LogP contribution >= 0.6 is 34.8 Å². The number of alkyl halides is 3. The molecule has 1 saturated carbocycles. The molecule has 0 radical (unpaired) electrons. The van der Waals surface area contributed by atoms with E-state index in [4.69, 9.17) is 34.8 Å². The third-order valence-corrected chi connectivity index (χ3v) is 6.51. The lowest BCUT2D eigenvalue weighted by molar-refractivity contribution is -0.130. The number of hydrogen-bond acceptors (Lipinski definition) is 1. The van der Waals surface area contributed by atoms with Crippen LogP contribution in [-0.4, -0.2) is 27.1 Å². The smallest absolute Gasteiger partial charge is 0.260 e. The molecule has 0 N–H and O–H groups in total. The second-order valence-electron chi connectivity index (χ2n) is 6.04. The van der Waals surface area contributed by atoms with Gasteiger partial charge in [-0.05, 0) is 18.4 Å². The first-order valence-electron chi connectivity index (χ1n) is 7.32. The van der Waals surface area contributed by atoms with Gasteiger partial charge in [0.05, 0.1) is 0 Å². The minimum absolute atomic E-state index is 0.0338. The van der Waals surface area contributed by atoms with Crippen LogP contribution in [0.3, 0.4) is 0 Å². The van der Waals surface area contributed by atoms with Crippen molar-refractivity contribution >= 4 is 40.7 Å². The maximum atomic E-state index is 12.8. The van der Waals surface area contributed by atoms with E-state index in [1.807, 2.05) is 35.2 Å². The normalized spacial score (nSPS) is 31.3. The largest absolute Gasteiger partial charge is 0.332 e. The molecule has 0 spiro atoms. The molecule has 0 bridgehead atoms. The SMILES string of the molecule is O=C1N(Cc2ccccc2)C2CCCCC2(CCl)C1(Cl)Cl. The molecule has 1 saturated heterocycles. The Morgan fingerprint density at radius 1 is 1.19 bits per heavy atom. The van der Waals surface area contributed by atoms with Gasteiger partial charge >= 0.3 is 0 Å². The third-order valence-electron chi connectivity index (χ3n) is 4.95. The van der Waals surface area contributed by atoms with E-state index in [-0.39, 0.29) is 11.9 Å². The number of benzene rings is 1. The van der Waals surface area contributed by atoms with Crippen LogP contribution in [0, 0.1) is 5.41 Å². The van der Waals surface area contributed by atoms with E-state index in [1.165, 1.54) is 0 Å². The van der Waals surface area contributed by atoms with E-state index in [0.717, 1.165) is 31.2 Å². The van der Waals surface area contributed by atoms with Crippen molar-refractivity contribution < 1.29 is 4.79 Å². The lowest BCUT2D eigenvalue weighted by Crippen LogP contribution is -2.48. The molecule has 1 aliphatic heterocycles. The van der Waals surface area contributed by atoms with Gasteiger partial charge in [-0.1, -0.05) is 66.4 Å². The van der Waals surface area contributed by atoms with Crippen molar-refractivity contribution in [2.75, 3.05) is 5.88 Å². The zero-order valence-corrected chi connectivity index (χ0v) is 14.0. The minimum atomic E-state index is -1.41. The Bertz CT molecular complexity index is 534. The number of likely N-dealkylation sites (tertiary alicyclic amines) is 1. The molecule has 1 amide bonds. The lowest BCUT2D eigenvalue weighted by Gasteiger charge is -2.42. The average molecular weight is 347 g/mol. The van der Waals surface area contributed by atoms with E-state index in [0.29, 0.717) is 12.4 Å². The third kappa shape index (κ3) is 2.27. The number of fused-ring (bicyclic) bond motifs is 1. The van der Waals surface area contributed by atoms with Gasteiger partial charge < -0.3 is 4.90 Å². The molecule has 5 heteroatoms. The summed E-state index contributed by atoms with van der Waals surface area (Å²) in [7, 11) is 0. The van der Waals surface area contributed by atoms with Crippen molar-refractivity contribution in [3.8, 4) is 0 Å². The molecule has 1 heterocycles. The summed E-state index contributed by atoms with van der Waals surface area (Å²) in [6.07, 6.45) is 3.85. The van der Waals surface area contributed by atoms with E-state index in [1.54, 1.807) is 0 Å². The van der Waals surface area contributed by atoms with E-state index in [9.17, 15) is 4.79 Å². The summed E-state index contributed by atoms with van der Waals surface area (Å²) in [5.41, 5.74) is 0.563. The van der Waals surface area contributed by atoms with Crippen molar-refractivity contribution in [2.24, 2.45) is 5.41 Å². The van der Waals surface area contributed by atoms with Crippen molar-refractivity contribution in [1.29, 1.82) is 0 Å². The molecule has 1 aliphatic carbocycles. The number of nitrogens with zero attached hydrogens (tertiary/aromatic N) is 1. The van der Waals surface area contributed by atoms with E-state index >= 15 is 0 Å². The first-order valence-corrected chi connectivity index (χ1v) is 8.61. The van der Waals surface area contributed by atoms with Crippen molar-refractivity contribution in [3.63, 3.8) is 0 Å². The summed E-state index contributed by atoms with van der Waals surface area (Å²) >= 11 is 19.2. The van der Waals surface area contributed by atoms with Crippen LogP contribution < -0.4 is 0 Å². The fourth-order valence-corrected chi connectivity index (χ4v) is 5.22. The van der Waals surface area contributed by atoms with Crippen molar-refractivity contribution in [3.05, 3.63) is 35.9 Å². The predicted octanol–water partition coefficient (Wildman–Crippen LogP) is 4.37. The molecule has 3 rings (SSSR count). The van der Waals surface area contributed by atoms with Crippen LogP contribution in [0.15, 0.2) is 30.3 Å². The minimum Gasteiger partial charge on any atom is -0.332 e. The number of hydrogen-bond donors (Lipinski definition) is 0. The molecule has 1 aromatic carbocycles. The van der Waals surface area contributed by atoms with Crippen LogP contribution in [0.4, 0.5) is 0 Å². The highest BCUT2D eigenvalue weighted by molar-refractivity contribution is 6.59. The standard InChI is InChI=1S/C16H18Cl3NO/c17-11-15-9-5-4-8-13(15)20(14(21)16(15,18)19)10-12-6-2-1-3-7-12/h1-3,6-7,13H,4-5,8-11H2. The number of carbonyl (C=O) groups excluding carboxylic acids is 1. The number of halogens is 3. The molecular formula is C16H18Cl3NO. The highest BCUT2D eigenvalue weighted by Gasteiger charge is 2.67. The summed E-state index contributed by atoms with van der Waals surface area (Å²) in [5, 5.41) is 0. The summed E-state index contributed by atoms with van der Waals surface area (Å²) in [4.78, 5) is 14.6. The molecule has 114 valence electrons. The lowest BCUT2D eigenvalue weighted by atomic mass is 9.71. The molecule has 1 aromatic rings. The number of amides is 1. The van der Waals surface area contributed by atoms with Gasteiger partial charge in [-0.15, -0.1) is 11.6 Å². The van der Waals surface area contributed by atoms with E-state index in [2.05, 4.69) is 0 Å². The maximum Gasteiger partial charge on any atom is 0.260 e. The Morgan fingerprint density at radius 3 is 2.57 bits per heavy atom. The molecule has 2 nitrogen and oxygen atoms in total. The van der Waals surface area contributed by atoms with Crippen LogP contribution in [0.2, 0.25) is 0 Å². The Balaban J connectivity index is 1.96. The van der Waals surface area contributed by atoms with Gasteiger partial charge in [-0.25, -0.2) is 0 Å². The molecule has 2 aliphatic rings. The van der Waals surface area contributed by atoms with Crippen LogP contribution in [0.1, 0.15) is 31.2 Å². The monoisotopic (exact) mass is 345 g/mol. The zero-order valence-electron chi connectivity index (χ0n) is 11.7. The van der Waals surface area contributed by atoms with Gasteiger partial charge in [-0.3, -0.25) is 4.79 Å². The van der Waals surface area contributed by atoms with Gasteiger partial charge in [0.2, 0.25) is 4.33 Å². The van der Waals surface area contributed by atoms with Gasteiger partial charge in [-0.2, -0.15) is 0 Å².